The van der Waals surface area contributed by atoms with Crippen LogP contribution in [-0.2, 0) is 11.3 Å². The third-order valence-corrected chi connectivity index (χ3v) is 5.18. The van der Waals surface area contributed by atoms with E-state index in [2.05, 4.69) is 13.8 Å². The summed E-state index contributed by atoms with van der Waals surface area (Å²) in [6, 6.07) is 19.9. The Labute approximate surface area is 193 Å². The average molecular weight is 450 g/mol. The number of methoxy groups -OCH3 is 1. The van der Waals surface area contributed by atoms with Gasteiger partial charge in [0, 0.05) is 18.7 Å². The van der Waals surface area contributed by atoms with Crippen LogP contribution in [0.5, 0.6) is 11.5 Å². The van der Waals surface area contributed by atoms with Gasteiger partial charge >= 0.3 is 5.97 Å². The molecule has 0 aliphatic carbocycles. The van der Waals surface area contributed by atoms with E-state index in [0.717, 1.165) is 12.0 Å². The highest BCUT2D eigenvalue weighted by Gasteiger charge is 2.17. The molecule has 0 aliphatic rings. The van der Waals surface area contributed by atoms with E-state index in [4.69, 9.17) is 9.47 Å². The van der Waals surface area contributed by atoms with Gasteiger partial charge in [0.25, 0.3) is 5.91 Å². The molecule has 0 aromatic heterocycles. The molecule has 0 radical (unpaired) electrons. The van der Waals surface area contributed by atoms with Crippen molar-refractivity contribution in [2.45, 2.75) is 26.8 Å². The van der Waals surface area contributed by atoms with Gasteiger partial charge in [-0.05, 0) is 66.4 Å². The summed E-state index contributed by atoms with van der Waals surface area (Å²) in [4.78, 5) is 26.7. The predicted octanol–water partition coefficient (Wildman–Crippen LogP) is 6.09. The zero-order valence-corrected chi connectivity index (χ0v) is 19.1. The van der Waals surface area contributed by atoms with Crippen LogP contribution in [0.4, 0.5) is 4.39 Å². The van der Waals surface area contributed by atoms with Gasteiger partial charge in [0.1, 0.15) is 5.75 Å². The molecule has 0 fully saturated rings. The first kappa shape index (κ1) is 24.0. The molecule has 0 saturated carbocycles. The van der Waals surface area contributed by atoms with Gasteiger partial charge in [-0.1, -0.05) is 38.1 Å². The quantitative estimate of drug-likeness (QED) is 0.371. The van der Waals surface area contributed by atoms with Crippen molar-refractivity contribution in [3.8, 4) is 11.5 Å². The summed E-state index contributed by atoms with van der Waals surface area (Å²) in [5, 5.41) is 0. The van der Waals surface area contributed by atoms with Crippen molar-refractivity contribution >= 4 is 11.9 Å². The standard InChI is InChI=1S/C27H28FNO4/c1-19(2)16-17-29(18-20-8-10-22(11-9-20)27(31)32-3)26(30)21-12-14-23(15-13-21)33-25-7-5-4-6-24(25)28/h4-15,19H,16-18H2,1-3H3. The molecule has 0 spiro atoms. The number of amides is 1. The second-order valence-electron chi connectivity index (χ2n) is 8.15. The average Bonchev–Trinajstić information content (AvgIpc) is 2.83. The zero-order valence-electron chi connectivity index (χ0n) is 19.1. The predicted molar refractivity (Wildman–Crippen MR) is 125 cm³/mol. The van der Waals surface area contributed by atoms with E-state index in [-0.39, 0.29) is 11.7 Å². The number of carbonyl (C=O) groups is 2. The Balaban J connectivity index is 1.74. The summed E-state index contributed by atoms with van der Waals surface area (Å²) >= 11 is 0. The second kappa shape index (κ2) is 11.3. The van der Waals surface area contributed by atoms with Crippen molar-refractivity contribution in [2.75, 3.05) is 13.7 Å². The molecule has 0 unspecified atom stereocenters. The Morgan fingerprint density at radius 1 is 0.909 bits per heavy atom. The third kappa shape index (κ3) is 6.65. The van der Waals surface area contributed by atoms with Crippen LogP contribution in [0.1, 0.15) is 46.5 Å². The Hall–Kier alpha value is -3.67. The third-order valence-electron chi connectivity index (χ3n) is 5.18. The Morgan fingerprint density at radius 3 is 2.15 bits per heavy atom. The number of nitrogens with zero attached hydrogens (tertiary/aromatic N) is 1. The summed E-state index contributed by atoms with van der Waals surface area (Å²) < 4.78 is 24.1. The van der Waals surface area contributed by atoms with Crippen molar-refractivity contribution in [3.05, 3.63) is 95.3 Å². The minimum Gasteiger partial charge on any atom is -0.465 e. The van der Waals surface area contributed by atoms with Crippen LogP contribution >= 0.6 is 0 Å². The molecule has 5 nitrogen and oxygen atoms in total. The van der Waals surface area contributed by atoms with E-state index < -0.39 is 11.8 Å². The zero-order chi connectivity index (χ0) is 23.8. The maximum atomic E-state index is 13.8. The van der Waals surface area contributed by atoms with Crippen molar-refractivity contribution in [1.82, 2.24) is 4.90 Å². The summed E-state index contributed by atoms with van der Waals surface area (Å²) in [6.45, 7) is 5.24. The van der Waals surface area contributed by atoms with E-state index in [1.165, 1.54) is 13.2 Å². The van der Waals surface area contributed by atoms with Crippen LogP contribution in [0, 0.1) is 11.7 Å². The van der Waals surface area contributed by atoms with Gasteiger partial charge in [-0.2, -0.15) is 0 Å². The number of para-hydroxylation sites is 1. The summed E-state index contributed by atoms with van der Waals surface area (Å²) in [7, 11) is 1.34. The lowest BCUT2D eigenvalue weighted by Crippen LogP contribution is -2.32. The lowest BCUT2D eigenvalue weighted by molar-refractivity contribution is 0.0600. The number of benzene rings is 3. The number of hydrogen-bond donors (Lipinski definition) is 0. The molecule has 0 saturated heterocycles. The fourth-order valence-electron chi connectivity index (χ4n) is 3.25. The van der Waals surface area contributed by atoms with E-state index >= 15 is 0 Å². The van der Waals surface area contributed by atoms with E-state index in [1.54, 1.807) is 59.5 Å². The SMILES string of the molecule is COC(=O)c1ccc(CN(CCC(C)C)C(=O)c2ccc(Oc3ccccc3F)cc2)cc1. The molecular weight excluding hydrogens is 421 g/mol. The van der Waals surface area contributed by atoms with Crippen LogP contribution < -0.4 is 4.74 Å². The topological polar surface area (TPSA) is 55.8 Å². The molecule has 172 valence electrons. The summed E-state index contributed by atoms with van der Waals surface area (Å²) in [6.07, 6.45) is 0.862. The minimum atomic E-state index is -0.448. The molecule has 3 rings (SSSR count). The van der Waals surface area contributed by atoms with Crippen LogP contribution in [0.25, 0.3) is 0 Å². The van der Waals surface area contributed by atoms with E-state index in [1.807, 2.05) is 12.1 Å². The van der Waals surface area contributed by atoms with Gasteiger partial charge in [-0.25, -0.2) is 9.18 Å². The molecule has 0 aliphatic heterocycles. The Kier molecular flexibility index (Phi) is 8.19. The van der Waals surface area contributed by atoms with Crippen molar-refractivity contribution < 1.29 is 23.5 Å². The maximum absolute atomic E-state index is 13.8. The van der Waals surface area contributed by atoms with Crippen LogP contribution in [-0.4, -0.2) is 30.4 Å². The van der Waals surface area contributed by atoms with Gasteiger partial charge in [-0.15, -0.1) is 0 Å². The van der Waals surface area contributed by atoms with Gasteiger partial charge in [0.05, 0.1) is 12.7 Å². The molecule has 33 heavy (non-hydrogen) atoms. The second-order valence-corrected chi connectivity index (χ2v) is 8.15. The molecule has 0 N–H and O–H groups in total. The van der Waals surface area contributed by atoms with Crippen LogP contribution in [0.15, 0.2) is 72.8 Å². The van der Waals surface area contributed by atoms with Gasteiger partial charge in [0.15, 0.2) is 11.6 Å². The Bertz CT molecular complexity index is 1080. The lowest BCUT2D eigenvalue weighted by atomic mass is 10.1. The van der Waals surface area contributed by atoms with Gasteiger partial charge in [-0.3, -0.25) is 4.79 Å². The summed E-state index contributed by atoms with van der Waals surface area (Å²) in [5.74, 6) is 0.0701. The van der Waals surface area contributed by atoms with E-state index in [0.29, 0.717) is 35.9 Å². The molecule has 0 heterocycles. The van der Waals surface area contributed by atoms with Gasteiger partial charge < -0.3 is 14.4 Å². The maximum Gasteiger partial charge on any atom is 0.337 e. The van der Waals surface area contributed by atoms with Crippen LogP contribution in [0.2, 0.25) is 0 Å². The molecule has 6 heteroatoms. The van der Waals surface area contributed by atoms with Gasteiger partial charge in [0.2, 0.25) is 0 Å². The first-order valence-electron chi connectivity index (χ1n) is 10.9. The first-order valence-corrected chi connectivity index (χ1v) is 10.9. The number of esters is 1. The molecule has 0 atom stereocenters. The highest BCUT2D eigenvalue weighted by molar-refractivity contribution is 5.94. The minimum absolute atomic E-state index is 0.106. The van der Waals surface area contributed by atoms with Crippen LogP contribution in [0.3, 0.4) is 0 Å². The Morgan fingerprint density at radius 2 is 1.55 bits per heavy atom. The monoisotopic (exact) mass is 449 g/mol. The lowest BCUT2D eigenvalue weighted by Gasteiger charge is -2.24. The highest BCUT2D eigenvalue weighted by Crippen LogP contribution is 2.25. The highest BCUT2D eigenvalue weighted by atomic mass is 19.1. The van der Waals surface area contributed by atoms with Crippen molar-refractivity contribution in [1.29, 1.82) is 0 Å². The number of ether oxygens (including phenoxy) is 2. The smallest absolute Gasteiger partial charge is 0.337 e. The molecule has 3 aromatic rings. The number of halogens is 1. The number of carbonyl (C=O) groups excluding carboxylic acids is 2. The molecule has 0 bridgehead atoms. The fraction of sp³-hybridized carbons (Fsp3) is 0.259. The number of rotatable bonds is 9. The van der Waals surface area contributed by atoms with Crippen molar-refractivity contribution in [2.24, 2.45) is 5.92 Å². The largest absolute Gasteiger partial charge is 0.465 e. The molecular formula is C27H28FNO4. The molecule has 3 aromatic carbocycles. The first-order chi connectivity index (χ1) is 15.9. The fourth-order valence-corrected chi connectivity index (χ4v) is 3.25. The number of hydrogen-bond acceptors (Lipinski definition) is 4. The summed E-state index contributed by atoms with van der Waals surface area (Å²) in [5.41, 5.74) is 1.90. The normalized spacial score (nSPS) is 10.7. The van der Waals surface area contributed by atoms with Crippen molar-refractivity contribution in [3.63, 3.8) is 0 Å². The van der Waals surface area contributed by atoms with E-state index in [9.17, 15) is 14.0 Å². The molecule has 1 amide bonds.